The van der Waals surface area contributed by atoms with E-state index < -0.39 is 0 Å². The van der Waals surface area contributed by atoms with Crippen molar-refractivity contribution in [1.82, 2.24) is 4.57 Å². The van der Waals surface area contributed by atoms with E-state index in [1.807, 2.05) is 45.4 Å². The van der Waals surface area contributed by atoms with Gasteiger partial charge in [0.25, 0.3) is 0 Å². The quantitative estimate of drug-likeness (QED) is 0.525. The molecule has 0 radical (unpaired) electrons. The Balaban J connectivity index is 1.72. The second-order valence-corrected chi connectivity index (χ2v) is 6.63. The highest BCUT2D eigenvalue weighted by Crippen LogP contribution is 2.15. The number of allylic oxidation sites excluding steroid dienone is 1. The van der Waals surface area contributed by atoms with Crippen LogP contribution in [0.3, 0.4) is 0 Å². The van der Waals surface area contributed by atoms with Crippen LogP contribution >= 0.6 is 11.3 Å². The first-order chi connectivity index (χ1) is 11.6. The van der Waals surface area contributed by atoms with Crippen LogP contribution in [-0.2, 0) is 7.05 Å². The van der Waals surface area contributed by atoms with Crippen molar-refractivity contribution in [1.29, 1.82) is 0 Å². The number of aryl methyl sites for hydroxylation is 1. The van der Waals surface area contributed by atoms with E-state index >= 15 is 0 Å². The number of anilines is 1. The summed E-state index contributed by atoms with van der Waals surface area (Å²) >= 11 is 1.64. The summed E-state index contributed by atoms with van der Waals surface area (Å²) in [7, 11) is 6.08. The minimum absolute atomic E-state index is 0.885. The predicted octanol–water partition coefficient (Wildman–Crippen LogP) is 3.91. The smallest absolute Gasteiger partial charge is 0.211 e. The molecule has 2 aromatic carbocycles. The van der Waals surface area contributed by atoms with Crippen molar-refractivity contribution >= 4 is 39.5 Å². The molecule has 0 aliphatic carbocycles. The number of thiazole rings is 1. The third-order valence-corrected chi connectivity index (χ3v) is 4.81. The van der Waals surface area contributed by atoms with Gasteiger partial charge in [0, 0.05) is 33.0 Å². The van der Waals surface area contributed by atoms with Crippen LogP contribution < -0.4 is 9.70 Å². The average Bonchev–Trinajstić information content (AvgIpc) is 2.91. The largest absolute Gasteiger partial charge is 0.378 e. The zero-order chi connectivity index (χ0) is 16.9. The summed E-state index contributed by atoms with van der Waals surface area (Å²) in [6.45, 7) is 0. The molecule has 122 valence electrons. The number of fused-ring (bicyclic) bond motifs is 1. The molecule has 0 unspecified atom stereocenters. The van der Waals surface area contributed by atoms with Crippen molar-refractivity contribution in [3.8, 4) is 0 Å². The van der Waals surface area contributed by atoms with E-state index in [1.54, 1.807) is 17.6 Å². The Labute approximate surface area is 145 Å². The molecular formula is C19H20N4S. The number of rotatable bonds is 4. The maximum atomic E-state index is 4.30. The SMILES string of the molecule is CN(C)c1ccc(C=CC=NN=c2sc3ccccc3n2C)cc1. The fourth-order valence-corrected chi connectivity index (χ4v) is 3.31. The number of hydrogen-bond donors (Lipinski definition) is 0. The molecule has 0 bridgehead atoms. The molecule has 0 amide bonds. The molecule has 0 aliphatic rings. The summed E-state index contributed by atoms with van der Waals surface area (Å²) in [5.74, 6) is 0. The molecule has 0 aliphatic heterocycles. The van der Waals surface area contributed by atoms with Gasteiger partial charge in [-0.15, -0.1) is 5.10 Å². The van der Waals surface area contributed by atoms with Crippen molar-refractivity contribution < 1.29 is 0 Å². The van der Waals surface area contributed by atoms with Gasteiger partial charge in [-0.3, -0.25) is 0 Å². The molecule has 0 spiro atoms. The first-order valence-electron chi connectivity index (χ1n) is 7.71. The first kappa shape index (κ1) is 16.2. The molecule has 0 saturated heterocycles. The minimum atomic E-state index is 0.885. The molecule has 0 N–H and O–H groups in total. The lowest BCUT2D eigenvalue weighted by Gasteiger charge is -2.11. The number of nitrogens with zero attached hydrogens (tertiary/aromatic N) is 4. The van der Waals surface area contributed by atoms with Gasteiger partial charge in [-0.25, -0.2) is 0 Å². The van der Waals surface area contributed by atoms with Gasteiger partial charge in [0.2, 0.25) is 4.80 Å². The fourth-order valence-electron chi connectivity index (χ4n) is 2.34. The lowest BCUT2D eigenvalue weighted by atomic mass is 10.2. The van der Waals surface area contributed by atoms with Crippen LogP contribution in [0.2, 0.25) is 0 Å². The van der Waals surface area contributed by atoms with E-state index in [1.165, 1.54) is 15.9 Å². The van der Waals surface area contributed by atoms with Crippen LogP contribution in [0.15, 0.2) is 64.8 Å². The van der Waals surface area contributed by atoms with Crippen LogP contribution in [0.1, 0.15) is 5.56 Å². The number of hydrogen-bond acceptors (Lipinski definition) is 4. The van der Waals surface area contributed by atoms with Crippen molar-refractivity contribution in [3.63, 3.8) is 0 Å². The molecule has 3 aromatic rings. The molecule has 0 saturated carbocycles. The Kier molecular flexibility index (Phi) is 4.91. The Bertz CT molecular complexity index is 943. The van der Waals surface area contributed by atoms with Gasteiger partial charge in [-0.2, -0.15) is 5.10 Å². The van der Waals surface area contributed by atoms with Crippen LogP contribution in [0.5, 0.6) is 0 Å². The molecule has 4 nitrogen and oxygen atoms in total. The van der Waals surface area contributed by atoms with Crippen molar-refractivity contribution in [2.75, 3.05) is 19.0 Å². The Hall–Kier alpha value is -2.66. The summed E-state index contributed by atoms with van der Waals surface area (Å²) < 4.78 is 3.27. The second kappa shape index (κ2) is 7.27. The maximum absolute atomic E-state index is 4.30. The lowest BCUT2D eigenvalue weighted by molar-refractivity contribution is 0.890. The fraction of sp³-hybridized carbons (Fsp3) is 0.158. The van der Waals surface area contributed by atoms with E-state index in [4.69, 9.17) is 0 Å². The Morgan fingerprint density at radius 3 is 2.50 bits per heavy atom. The van der Waals surface area contributed by atoms with Gasteiger partial charge in [-0.05, 0) is 35.9 Å². The molecular weight excluding hydrogens is 316 g/mol. The third-order valence-electron chi connectivity index (χ3n) is 3.71. The van der Waals surface area contributed by atoms with Crippen LogP contribution in [0.4, 0.5) is 5.69 Å². The number of para-hydroxylation sites is 1. The lowest BCUT2D eigenvalue weighted by Crippen LogP contribution is -2.08. The highest BCUT2D eigenvalue weighted by Gasteiger charge is 2.00. The first-order valence-corrected chi connectivity index (χ1v) is 8.52. The second-order valence-electron chi connectivity index (χ2n) is 5.62. The zero-order valence-corrected chi connectivity index (χ0v) is 14.9. The standard InChI is InChI=1S/C19H20N4S/c1-22(2)16-12-10-15(11-13-16)7-6-14-20-21-19-23(3)17-8-4-5-9-18(17)24-19/h4-14H,1-3H3. The Morgan fingerprint density at radius 1 is 1.04 bits per heavy atom. The van der Waals surface area contributed by atoms with Crippen LogP contribution in [0.25, 0.3) is 16.3 Å². The van der Waals surface area contributed by atoms with Gasteiger partial charge >= 0.3 is 0 Å². The summed E-state index contributed by atoms with van der Waals surface area (Å²) in [5, 5.41) is 8.46. The number of aromatic nitrogens is 1. The summed E-state index contributed by atoms with van der Waals surface area (Å²) in [4.78, 5) is 2.97. The van der Waals surface area contributed by atoms with E-state index in [2.05, 4.69) is 56.1 Å². The molecule has 1 aromatic heterocycles. The summed E-state index contributed by atoms with van der Waals surface area (Å²) in [5.41, 5.74) is 3.50. The van der Waals surface area contributed by atoms with E-state index in [9.17, 15) is 0 Å². The van der Waals surface area contributed by atoms with Crippen molar-refractivity contribution in [2.24, 2.45) is 17.3 Å². The van der Waals surface area contributed by atoms with Gasteiger partial charge in [-0.1, -0.05) is 41.7 Å². The summed E-state index contributed by atoms with van der Waals surface area (Å²) in [6.07, 6.45) is 5.63. The average molecular weight is 336 g/mol. The van der Waals surface area contributed by atoms with Gasteiger partial charge in [0.15, 0.2) is 0 Å². The van der Waals surface area contributed by atoms with Crippen LogP contribution in [0, 0.1) is 0 Å². The van der Waals surface area contributed by atoms with Crippen molar-refractivity contribution in [2.45, 2.75) is 0 Å². The summed E-state index contributed by atoms with van der Waals surface area (Å²) in [6, 6.07) is 16.6. The van der Waals surface area contributed by atoms with Gasteiger partial charge in [0.05, 0.1) is 10.2 Å². The molecule has 0 atom stereocenters. The Morgan fingerprint density at radius 2 is 1.79 bits per heavy atom. The topological polar surface area (TPSA) is 32.9 Å². The zero-order valence-electron chi connectivity index (χ0n) is 14.0. The maximum Gasteiger partial charge on any atom is 0.211 e. The molecule has 3 rings (SSSR count). The predicted molar refractivity (Wildman–Crippen MR) is 105 cm³/mol. The van der Waals surface area contributed by atoms with E-state index in [0.717, 1.165) is 10.4 Å². The number of benzene rings is 2. The van der Waals surface area contributed by atoms with Gasteiger partial charge < -0.3 is 9.47 Å². The van der Waals surface area contributed by atoms with E-state index in [0.29, 0.717) is 0 Å². The monoisotopic (exact) mass is 336 g/mol. The molecule has 0 fully saturated rings. The highest BCUT2D eigenvalue weighted by molar-refractivity contribution is 7.16. The third kappa shape index (κ3) is 3.63. The van der Waals surface area contributed by atoms with Crippen LogP contribution in [-0.4, -0.2) is 24.9 Å². The molecule has 5 heteroatoms. The molecule has 1 heterocycles. The molecule has 24 heavy (non-hydrogen) atoms. The minimum Gasteiger partial charge on any atom is -0.378 e. The van der Waals surface area contributed by atoms with E-state index in [-0.39, 0.29) is 0 Å². The highest BCUT2D eigenvalue weighted by atomic mass is 32.1. The van der Waals surface area contributed by atoms with Gasteiger partial charge in [0.1, 0.15) is 0 Å². The normalized spacial score (nSPS) is 12.7. The van der Waals surface area contributed by atoms with Crippen molar-refractivity contribution in [3.05, 3.63) is 65.0 Å².